The maximum Gasteiger partial charge on any atom is 0.133 e. The fourth-order valence-corrected chi connectivity index (χ4v) is 3.04. The van der Waals surface area contributed by atoms with Crippen molar-refractivity contribution < 1.29 is 9.84 Å². The van der Waals surface area contributed by atoms with Crippen molar-refractivity contribution in [2.24, 2.45) is 0 Å². The van der Waals surface area contributed by atoms with Gasteiger partial charge in [0.2, 0.25) is 0 Å². The van der Waals surface area contributed by atoms with Gasteiger partial charge in [-0.1, -0.05) is 0 Å². The number of hydrogen-bond donors (Lipinski definition) is 2. The van der Waals surface area contributed by atoms with Crippen LogP contribution in [0.3, 0.4) is 0 Å². The molecule has 0 fully saturated rings. The molecule has 1 aromatic heterocycles. The summed E-state index contributed by atoms with van der Waals surface area (Å²) in [5.41, 5.74) is 4.13. The molecule has 0 amide bonds. The number of nitrogens with one attached hydrogen (secondary N) is 1. The number of benzene rings is 1. The zero-order valence-electron chi connectivity index (χ0n) is 12.7. The second-order valence-electron chi connectivity index (χ2n) is 5.52. The number of ether oxygens (including phenoxy) is 1. The lowest BCUT2D eigenvalue weighted by atomic mass is 10.1. The molecule has 2 unspecified atom stereocenters. The standard InChI is InChI=1S/C18H17N3O2/c1-23-14-4-2-12(3-5-14)16-17(13-6-9-19-10-7-13)21-11-8-15(22)18(21)20-16/h2-11,15,18,20,22H,1H3. The highest BCUT2D eigenvalue weighted by molar-refractivity contribution is 5.92. The van der Waals surface area contributed by atoms with E-state index in [1.54, 1.807) is 25.6 Å². The van der Waals surface area contributed by atoms with Gasteiger partial charge in [-0.2, -0.15) is 0 Å². The minimum absolute atomic E-state index is 0.171. The summed E-state index contributed by atoms with van der Waals surface area (Å²) >= 11 is 0. The number of aliphatic hydroxyl groups is 1. The molecule has 0 spiro atoms. The predicted octanol–water partition coefficient (Wildman–Crippen LogP) is 2.04. The van der Waals surface area contributed by atoms with E-state index in [0.29, 0.717) is 0 Å². The molecular weight excluding hydrogens is 290 g/mol. The largest absolute Gasteiger partial charge is 0.497 e. The van der Waals surface area contributed by atoms with E-state index in [-0.39, 0.29) is 6.17 Å². The fraction of sp³-hybridized carbons (Fsp3) is 0.167. The highest BCUT2D eigenvalue weighted by Crippen LogP contribution is 2.38. The zero-order chi connectivity index (χ0) is 15.8. The van der Waals surface area contributed by atoms with E-state index in [2.05, 4.69) is 15.2 Å². The summed E-state index contributed by atoms with van der Waals surface area (Å²) in [5.74, 6) is 0.818. The van der Waals surface area contributed by atoms with Gasteiger partial charge < -0.3 is 20.1 Å². The van der Waals surface area contributed by atoms with E-state index >= 15 is 0 Å². The molecule has 0 aliphatic carbocycles. The van der Waals surface area contributed by atoms with Gasteiger partial charge in [-0.15, -0.1) is 0 Å². The van der Waals surface area contributed by atoms with Crippen molar-refractivity contribution in [2.45, 2.75) is 12.3 Å². The van der Waals surface area contributed by atoms with Gasteiger partial charge >= 0.3 is 0 Å². The summed E-state index contributed by atoms with van der Waals surface area (Å²) < 4.78 is 5.23. The van der Waals surface area contributed by atoms with Crippen LogP contribution in [0.25, 0.3) is 11.4 Å². The summed E-state index contributed by atoms with van der Waals surface area (Å²) in [4.78, 5) is 6.16. The Kier molecular flexibility index (Phi) is 3.28. The lowest BCUT2D eigenvalue weighted by Crippen LogP contribution is -2.39. The summed E-state index contributed by atoms with van der Waals surface area (Å²) in [6.45, 7) is 0. The Bertz CT molecular complexity index is 769. The van der Waals surface area contributed by atoms with Gasteiger partial charge in [-0.3, -0.25) is 4.98 Å². The quantitative estimate of drug-likeness (QED) is 0.909. The molecule has 0 saturated carbocycles. The van der Waals surface area contributed by atoms with E-state index in [1.807, 2.05) is 42.6 Å². The Morgan fingerprint density at radius 3 is 2.52 bits per heavy atom. The van der Waals surface area contributed by atoms with Crippen LogP contribution in [0.5, 0.6) is 5.75 Å². The van der Waals surface area contributed by atoms with E-state index in [4.69, 9.17) is 4.74 Å². The predicted molar refractivity (Wildman–Crippen MR) is 88.0 cm³/mol. The number of aliphatic hydroxyl groups excluding tert-OH is 1. The molecule has 116 valence electrons. The molecule has 5 nitrogen and oxygen atoms in total. The first-order chi connectivity index (χ1) is 11.3. The number of methoxy groups -OCH3 is 1. The second kappa shape index (κ2) is 5.44. The van der Waals surface area contributed by atoms with Crippen molar-refractivity contribution in [2.75, 3.05) is 7.11 Å². The van der Waals surface area contributed by atoms with Crippen LogP contribution in [0, 0.1) is 0 Å². The number of fused-ring (bicyclic) bond motifs is 1. The van der Waals surface area contributed by atoms with E-state index in [1.165, 1.54) is 0 Å². The van der Waals surface area contributed by atoms with Crippen molar-refractivity contribution in [1.29, 1.82) is 0 Å². The third kappa shape index (κ3) is 2.26. The Morgan fingerprint density at radius 1 is 1.09 bits per heavy atom. The summed E-state index contributed by atoms with van der Waals surface area (Å²) in [5, 5.41) is 13.6. The SMILES string of the molecule is COc1ccc(C2=C(c3ccncc3)N3C=CC(O)C3N2)cc1. The first-order valence-electron chi connectivity index (χ1n) is 7.48. The topological polar surface area (TPSA) is 57.6 Å². The molecule has 4 rings (SSSR count). The van der Waals surface area contributed by atoms with Crippen LogP contribution in [-0.2, 0) is 0 Å². The number of pyridine rings is 1. The minimum Gasteiger partial charge on any atom is -0.497 e. The highest BCUT2D eigenvalue weighted by atomic mass is 16.5. The van der Waals surface area contributed by atoms with Crippen LogP contribution in [0.2, 0.25) is 0 Å². The van der Waals surface area contributed by atoms with E-state index < -0.39 is 6.10 Å². The first kappa shape index (κ1) is 13.8. The molecule has 0 radical (unpaired) electrons. The van der Waals surface area contributed by atoms with Gasteiger partial charge in [0.25, 0.3) is 0 Å². The molecular formula is C18H17N3O2. The minimum atomic E-state index is -0.539. The average molecular weight is 307 g/mol. The smallest absolute Gasteiger partial charge is 0.133 e. The Labute approximate surface area is 134 Å². The van der Waals surface area contributed by atoms with Crippen molar-refractivity contribution >= 4 is 11.4 Å². The average Bonchev–Trinajstić information content (AvgIpc) is 3.16. The molecule has 2 aliphatic rings. The van der Waals surface area contributed by atoms with Crippen LogP contribution in [0.15, 0.2) is 61.1 Å². The normalized spacial score (nSPS) is 22.3. The van der Waals surface area contributed by atoms with E-state index in [9.17, 15) is 5.11 Å². The summed E-state index contributed by atoms with van der Waals surface area (Å²) in [6, 6.07) is 11.8. The second-order valence-corrected chi connectivity index (χ2v) is 5.52. The van der Waals surface area contributed by atoms with Crippen molar-refractivity contribution in [3.05, 3.63) is 72.2 Å². The molecule has 0 bridgehead atoms. The third-order valence-corrected chi connectivity index (χ3v) is 4.19. The van der Waals surface area contributed by atoms with Gasteiger partial charge in [0.15, 0.2) is 0 Å². The number of nitrogens with zero attached hydrogens (tertiary/aromatic N) is 2. The molecule has 5 heteroatoms. The maximum atomic E-state index is 10.2. The number of aromatic nitrogens is 1. The lowest BCUT2D eigenvalue weighted by Gasteiger charge is -2.21. The Morgan fingerprint density at radius 2 is 1.83 bits per heavy atom. The van der Waals surface area contributed by atoms with Crippen LogP contribution in [-0.4, -0.2) is 34.4 Å². The first-order valence-corrected chi connectivity index (χ1v) is 7.48. The maximum absolute atomic E-state index is 10.2. The van der Waals surface area contributed by atoms with Crippen LogP contribution >= 0.6 is 0 Å². The van der Waals surface area contributed by atoms with Crippen molar-refractivity contribution in [3.63, 3.8) is 0 Å². The zero-order valence-corrected chi connectivity index (χ0v) is 12.7. The summed E-state index contributed by atoms with van der Waals surface area (Å²) in [6.07, 6.45) is 6.56. The Balaban J connectivity index is 1.83. The fourth-order valence-electron chi connectivity index (χ4n) is 3.04. The Hall–Kier alpha value is -2.79. The number of hydrogen-bond acceptors (Lipinski definition) is 5. The number of rotatable bonds is 3. The lowest BCUT2D eigenvalue weighted by molar-refractivity contribution is 0.154. The molecule has 2 aromatic rings. The third-order valence-electron chi connectivity index (χ3n) is 4.19. The molecule has 2 aliphatic heterocycles. The highest BCUT2D eigenvalue weighted by Gasteiger charge is 2.38. The van der Waals surface area contributed by atoms with Gasteiger partial charge in [0, 0.05) is 29.7 Å². The molecule has 2 N–H and O–H groups in total. The molecule has 2 atom stereocenters. The van der Waals surface area contributed by atoms with Crippen LogP contribution in [0.1, 0.15) is 11.1 Å². The van der Waals surface area contributed by atoms with E-state index in [0.717, 1.165) is 28.3 Å². The molecule has 3 heterocycles. The van der Waals surface area contributed by atoms with Crippen molar-refractivity contribution in [3.8, 4) is 5.75 Å². The van der Waals surface area contributed by atoms with Crippen LogP contribution < -0.4 is 10.1 Å². The van der Waals surface area contributed by atoms with Crippen molar-refractivity contribution in [1.82, 2.24) is 15.2 Å². The van der Waals surface area contributed by atoms with Gasteiger partial charge in [-0.05, 0) is 42.5 Å². The van der Waals surface area contributed by atoms with Gasteiger partial charge in [0.1, 0.15) is 18.0 Å². The molecule has 23 heavy (non-hydrogen) atoms. The van der Waals surface area contributed by atoms with Gasteiger partial charge in [-0.25, -0.2) is 0 Å². The molecule has 1 aromatic carbocycles. The van der Waals surface area contributed by atoms with Crippen LogP contribution in [0.4, 0.5) is 0 Å². The monoisotopic (exact) mass is 307 g/mol. The molecule has 0 saturated heterocycles. The van der Waals surface area contributed by atoms with Gasteiger partial charge in [0.05, 0.1) is 18.5 Å². The summed E-state index contributed by atoms with van der Waals surface area (Å²) in [7, 11) is 1.65.